The SMILES string of the molecule is CC1(C)O[C@@H]2[C@H](O1)[C@@H](O)C[C@H]2N.Cc1cc(NC(=O)c2c(C)c(C(=O)C(=O)N[C@@H]3C[C@H](O)[C@@H](O)[C@H]3O)n(C)c2C)ccc1F.Cc1cc(NC(=O)c2c(C)c(C(=O)C(=O)N[C@@H]3C[C@H](O)[C@H]4OC(C)(C)O[C@H]43)n(C)c2C)ccc1F.Cl. The Hall–Kier alpha value is -6.03. The van der Waals surface area contributed by atoms with Crippen molar-refractivity contribution in [2.45, 2.75) is 173 Å². The van der Waals surface area contributed by atoms with Gasteiger partial charge in [-0.25, -0.2) is 8.78 Å². The number of carbonyl (C=O) groups excluding carboxylic acids is 6. The Morgan fingerprint density at radius 3 is 1.34 bits per heavy atom. The normalized spacial score (nSPS) is 27.6. The lowest BCUT2D eigenvalue weighted by atomic mass is 10.1. The topological polar surface area (TPSA) is 324 Å². The van der Waals surface area contributed by atoms with Gasteiger partial charge >= 0.3 is 0 Å². The molecule has 0 spiro atoms. The highest BCUT2D eigenvalue weighted by atomic mass is 35.5. The summed E-state index contributed by atoms with van der Waals surface area (Å²) in [6, 6.07) is 6.69. The second kappa shape index (κ2) is 24.2. The molecule has 80 heavy (non-hydrogen) atoms. The summed E-state index contributed by atoms with van der Waals surface area (Å²) in [5.41, 5.74) is 9.44. The fraction of sp³-hybridized carbons (Fsp3) is 0.527. The van der Waals surface area contributed by atoms with Crippen molar-refractivity contribution in [3.63, 3.8) is 0 Å². The summed E-state index contributed by atoms with van der Waals surface area (Å²) in [6.07, 6.45) is -6.18. The number of aliphatic hydroxyl groups is 5. The van der Waals surface area contributed by atoms with Crippen LogP contribution in [0, 0.1) is 53.2 Å². The van der Waals surface area contributed by atoms with E-state index in [0.29, 0.717) is 45.9 Å². The third kappa shape index (κ3) is 12.8. The molecule has 2 saturated heterocycles. The number of aryl methyl sites for hydroxylation is 2. The molecule has 0 unspecified atom stereocenters. The fourth-order valence-corrected chi connectivity index (χ4v) is 11.0. The minimum absolute atomic E-state index is 0. The van der Waals surface area contributed by atoms with Crippen molar-refractivity contribution in [2.75, 3.05) is 10.6 Å². The lowest BCUT2D eigenvalue weighted by molar-refractivity contribution is -0.164. The summed E-state index contributed by atoms with van der Waals surface area (Å²) in [4.78, 5) is 77.4. The van der Waals surface area contributed by atoms with Crippen molar-refractivity contribution in [3.8, 4) is 0 Å². The first kappa shape index (κ1) is 63.2. The van der Waals surface area contributed by atoms with Crippen LogP contribution in [0.4, 0.5) is 20.2 Å². The molecule has 12 atom stereocenters. The number of carbonyl (C=O) groups is 6. The smallest absolute Gasteiger partial charge is 0.294 e. The van der Waals surface area contributed by atoms with Gasteiger partial charge in [0.2, 0.25) is 0 Å². The lowest BCUT2D eigenvalue weighted by Crippen LogP contribution is -2.46. The standard InChI is InChI=1S/C25H30FN3O6.C22H26FN3O6.C8H15NO3.ClH/c1-11-9-14(7-8-15(11)26)27-23(32)18-12(2)19(29(6)13(18)3)20(31)24(33)28-16-10-17(30)22-21(16)34-25(4,5)35-22;1-9-7-12(5-6-13(9)23)24-21(31)16-10(2)17(26(4)11(16)3)20(30)22(32)25-14-8-15(27)19(29)18(14)28;1-8(2)11-6-4(9)3-5(10)7(6)12-8;/h7-9,16-17,21-22,30H,10H2,1-6H3,(H,27,32)(H,28,33);5-7,14-15,18-19,27-29H,8H2,1-4H3,(H,24,31)(H,25,32);4-7,10H,3,9H2,1-2H3;1H/t16-,17+,21+,22-;14-,15+,18+,19-;4-,5+,6+,7-;/m111./s1. The second-order valence-corrected chi connectivity index (χ2v) is 21.8. The molecule has 0 bridgehead atoms. The molecule has 5 aliphatic rings. The van der Waals surface area contributed by atoms with Crippen molar-refractivity contribution >= 4 is 59.0 Å². The summed E-state index contributed by atoms with van der Waals surface area (Å²) in [5.74, 6) is -6.88. The van der Waals surface area contributed by atoms with E-state index < -0.39 is 107 Å². The molecule has 9 rings (SSSR count). The van der Waals surface area contributed by atoms with E-state index in [1.54, 1.807) is 62.6 Å². The van der Waals surface area contributed by atoms with Crippen LogP contribution in [0.25, 0.3) is 0 Å². The summed E-state index contributed by atoms with van der Waals surface area (Å²) in [5, 5.41) is 59.4. The Morgan fingerprint density at radius 2 is 0.938 bits per heavy atom. The number of ketones is 2. The number of hydrogen-bond acceptors (Lipinski definition) is 16. The number of anilines is 2. The van der Waals surface area contributed by atoms with Gasteiger partial charge in [-0.15, -0.1) is 12.4 Å². The van der Waals surface area contributed by atoms with E-state index in [2.05, 4.69) is 21.3 Å². The van der Waals surface area contributed by atoms with Gasteiger partial charge in [-0.1, -0.05) is 0 Å². The van der Waals surface area contributed by atoms with Crippen LogP contribution in [0.15, 0.2) is 36.4 Å². The van der Waals surface area contributed by atoms with Crippen LogP contribution in [0.2, 0.25) is 0 Å². The average Bonchev–Trinajstić information content (AvgIpc) is 4.37. The number of hydrogen-bond donors (Lipinski definition) is 10. The Kier molecular flexibility index (Phi) is 19.1. The van der Waals surface area contributed by atoms with Crippen LogP contribution in [0.1, 0.15) is 122 Å². The van der Waals surface area contributed by atoms with Gasteiger partial charge in [-0.2, -0.15) is 0 Å². The second-order valence-electron chi connectivity index (χ2n) is 21.8. The van der Waals surface area contributed by atoms with Gasteiger partial charge in [-0.3, -0.25) is 28.8 Å². The van der Waals surface area contributed by atoms with E-state index in [1.807, 2.05) is 13.8 Å². The maximum absolute atomic E-state index is 13.6. The number of Topliss-reactive ketones (excluding diaryl/α,β-unsaturated/α-hetero) is 2. The van der Waals surface area contributed by atoms with Crippen LogP contribution < -0.4 is 27.0 Å². The molecule has 2 aromatic carbocycles. The number of nitrogens with two attached hydrogens (primary N) is 1. The van der Waals surface area contributed by atoms with Gasteiger partial charge in [0.05, 0.1) is 52.9 Å². The quantitative estimate of drug-likeness (QED) is 0.0806. The maximum atomic E-state index is 13.6. The average molecular weight is 1140 g/mol. The number of nitrogens with one attached hydrogen (secondary N) is 4. The Bertz CT molecular complexity index is 3050. The zero-order valence-electron chi connectivity index (χ0n) is 46.5. The highest BCUT2D eigenvalue weighted by Gasteiger charge is 2.55. The molecular formula is C55H72ClF2N7O15. The van der Waals surface area contributed by atoms with E-state index in [0.717, 1.165) is 0 Å². The molecule has 25 heteroatoms. The molecule has 5 fully saturated rings. The van der Waals surface area contributed by atoms with Crippen LogP contribution in [-0.2, 0) is 42.6 Å². The van der Waals surface area contributed by atoms with Crippen LogP contribution in [0.3, 0.4) is 0 Å². The Balaban J connectivity index is 0.000000212. The number of rotatable bonds is 10. The van der Waals surface area contributed by atoms with Crippen LogP contribution in [0.5, 0.6) is 0 Å². The summed E-state index contributed by atoms with van der Waals surface area (Å²) < 4.78 is 52.6. The number of benzene rings is 2. The Labute approximate surface area is 467 Å². The molecule has 2 aliphatic heterocycles. The van der Waals surface area contributed by atoms with Gasteiger partial charge in [-0.05, 0) is 147 Å². The number of fused-ring (bicyclic) bond motifs is 2. The molecule has 0 radical (unpaired) electrons. The van der Waals surface area contributed by atoms with E-state index in [1.165, 1.54) is 52.5 Å². The largest absolute Gasteiger partial charge is 0.390 e. The third-order valence-electron chi connectivity index (χ3n) is 15.2. The first-order valence-corrected chi connectivity index (χ1v) is 25.8. The van der Waals surface area contributed by atoms with Crippen LogP contribution >= 0.6 is 12.4 Å². The first-order valence-electron chi connectivity index (χ1n) is 25.8. The van der Waals surface area contributed by atoms with Gasteiger partial charge in [0.25, 0.3) is 35.2 Å². The van der Waals surface area contributed by atoms with Crippen LogP contribution in [-0.4, -0.2) is 154 Å². The molecule has 11 N–H and O–H groups in total. The van der Waals surface area contributed by atoms with Crippen molar-refractivity contribution in [3.05, 3.63) is 104 Å². The van der Waals surface area contributed by atoms with Crippen molar-refractivity contribution in [1.82, 2.24) is 19.8 Å². The monoisotopic (exact) mass is 1140 g/mol. The number of aliphatic hydroxyl groups excluding tert-OH is 5. The van der Waals surface area contributed by atoms with E-state index in [-0.39, 0.29) is 77.4 Å². The first-order chi connectivity index (χ1) is 36.7. The van der Waals surface area contributed by atoms with Gasteiger partial charge < -0.3 is 80.6 Å². The zero-order chi connectivity index (χ0) is 58.7. The maximum Gasteiger partial charge on any atom is 0.294 e. The lowest BCUT2D eigenvalue weighted by Gasteiger charge is -2.22. The number of nitrogens with zero attached hydrogens (tertiary/aromatic N) is 2. The number of ether oxygens (including phenoxy) is 4. The molecule has 4 amide bonds. The molecule has 3 aliphatic carbocycles. The van der Waals surface area contributed by atoms with Gasteiger partial charge in [0.1, 0.15) is 48.3 Å². The van der Waals surface area contributed by atoms with E-state index in [4.69, 9.17) is 24.7 Å². The van der Waals surface area contributed by atoms with Crippen molar-refractivity contribution < 1.29 is 82.0 Å². The fourth-order valence-electron chi connectivity index (χ4n) is 11.0. The highest BCUT2D eigenvalue weighted by molar-refractivity contribution is 6.43. The number of aromatic nitrogens is 2. The van der Waals surface area contributed by atoms with Crippen molar-refractivity contribution in [1.29, 1.82) is 0 Å². The predicted octanol–water partition coefficient (Wildman–Crippen LogP) is 2.81. The summed E-state index contributed by atoms with van der Waals surface area (Å²) in [6.45, 7) is 16.7. The molecule has 438 valence electrons. The molecule has 3 saturated carbocycles. The van der Waals surface area contributed by atoms with E-state index in [9.17, 15) is 63.1 Å². The predicted molar refractivity (Wildman–Crippen MR) is 287 cm³/mol. The Morgan fingerprint density at radius 1 is 0.562 bits per heavy atom. The van der Waals surface area contributed by atoms with E-state index >= 15 is 0 Å². The van der Waals surface area contributed by atoms with Gasteiger partial charge in [0.15, 0.2) is 11.6 Å². The summed E-state index contributed by atoms with van der Waals surface area (Å²) in [7, 11) is 3.15. The minimum atomic E-state index is -1.42. The minimum Gasteiger partial charge on any atom is -0.390 e. The summed E-state index contributed by atoms with van der Waals surface area (Å²) >= 11 is 0. The van der Waals surface area contributed by atoms with Gasteiger partial charge in [0, 0.05) is 42.9 Å². The number of amides is 4. The molecular weight excluding hydrogens is 1070 g/mol. The number of halogens is 3. The van der Waals surface area contributed by atoms with Crippen molar-refractivity contribution in [2.24, 2.45) is 19.8 Å². The molecule has 4 heterocycles. The molecule has 22 nitrogen and oxygen atoms in total. The highest BCUT2D eigenvalue weighted by Crippen LogP contribution is 2.39. The molecule has 2 aromatic heterocycles. The third-order valence-corrected chi connectivity index (χ3v) is 15.2. The molecule has 4 aromatic rings. The zero-order valence-corrected chi connectivity index (χ0v) is 47.3.